The standard InChI is InChI=1S/C41H36N2O5S/c44-26-29-18-20-30(21-19-29)36-24-35(27-49-41-43-37(31-10-4-1-5-11-31)38(48-41)32-12-6-2-7-13-32)46-40(47-36)34-22-16-28(17-23-34)25-42-39(45)33-14-8-3-9-15-33/h1-23,35-36,40,44H,24-27H2,(H,42,45). The molecule has 0 bridgehead atoms. The number of oxazole rings is 1. The van der Waals surface area contributed by atoms with Gasteiger partial charge in [0.25, 0.3) is 11.1 Å². The van der Waals surface area contributed by atoms with E-state index in [1.54, 1.807) is 12.1 Å². The second-order valence-electron chi connectivity index (χ2n) is 11.8. The highest BCUT2D eigenvalue weighted by Crippen LogP contribution is 2.41. The van der Waals surface area contributed by atoms with Crippen molar-refractivity contribution >= 4 is 17.7 Å². The van der Waals surface area contributed by atoms with Crippen LogP contribution in [0.4, 0.5) is 0 Å². The van der Waals surface area contributed by atoms with E-state index in [1.165, 1.54) is 11.8 Å². The van der Waals surface area contributed by atoms with E-state index in [4.69, 9.17) is 18.9 Å². The van der Waals surface area contributed by atoms with Crippen molar-refractivity contribution in [2.75, 3.05) is 5.75 Å². The molecule has 1 amide bonds. The number of rotatable bonds is 11. The van der Waals surface area contributed by atoms with E-state index >= 15 is 0 Å². The van der Waals surface area contributed by atoms with Crippen LogP contribution in [0.1, 0.15) is 51.4 Å². The molecule has 7 nitrogen and oxygen atoms in total. The average Bonchev–Trinajstić information content (AvgIpc) is 3.62. The molecular formula is C41H36N2O5S. The van der Waals surface area contributed by atoms with E-state index in [0.717, 1.165) is 44.8 Å². The molecule has 8 heteroatoms. The smallest absolute Gasteiger partial charge is 0.256 e. The molecule has 1 aliphatic heterocycles. The molecule has 0 aliphatic carbocycles. The summed E-state index contributed by atoms with van der Waals surface area (Å²) in [7, 11) is 0. The fraction of sp³-hybridized carbons (Fsp3) is 0.171. The summed E-state index contributed by atoms with van der Waals surface area (Å²) in [5.41, 5.74) is 7.13. The number of carbonyl (C=O) groups excluding carboxylic acids is 1. The number of aliphatic hydroxyl groups is 1. The van der Waals surface area contributed by atoms with E-state index in [2.05, 4.69) is 5.32 Å². The first-order chi connectivity index (χ1) is 24.1. The van der Waals surface area contributed by atoms with Gasteiger partial charge in [-0.05, 0) is 28.8 Å². The second kappa shape index (κ2) is 15.5. The zero-order valence-electron chi connectivity index (χ0n) is 26.8. The lowest BCUT2D eigenvalue weighted by Crippen LogP contribution is -2.31. The number of carbonyl (C=O) groups is 1. The number of ether oxygens (including phenoxy) is 2. The SMILES string of the molecule is O=C(NCc1ccc(C2OC(CSc3nc(-c4ccccc4)c(-c4ccccc4)o3)CC(c3ccc(CO)cc3)O2)cc1)c1ccccc1. The van der Waals surface area contributed by atoms with Gasteiger partial charge in [-0.2, -0.15) is 0 Å². The molecule has 1 aromatic heterocycles. The van der Waals surface area contributed by atoms with Crippen molar-refractivity contribution in [2.24, 2.45) is 0 Å². The van der Waals surface area contributed by atoms with Crippen molar-refractivity contribution in [3.8, 4) is 22.6 Å². The molecule has 3 atom stereocenters. The van der Waals surface area contributed by atoms with Gasteiger partial charge in [-0.25, -0.2) is 4.98 Å². The van der Waals surface area contributed by atoms with E-state index in [9.17, 15) is 9.90 Å². The topological polar surface area (TPSA) is 93.8 Å². The Kier molecular flexibility index (Phi) is 10.3. The molecular weight excluding hydrogens is 633 g/mol. The quantitative estimate of drug-likeness (QED) is 0.133. The Morgan fingerprint density at radius 1 is 0.735 bits per heavy atom. The molecule has 1 aliphatic rings. The Hall–Kier alpha value is -4.99. The molecule has 0 radical (unpaired) electrons. The van der Waals surface area contributed by atoms with Gasteiger partial charge in [-0.1, -0.05) is 139 Å². The lowest BCUT2D eigenvalue weighted by Gasteiger charge is -2.36. The largest absolute Gasteiger partial charge is 0.431 e. The maximum Gasteiger partial charge on any atom is 0.256 e. The molecule has 3 unspecified atom stereocenters. The first-order valence-corrected chi connectivity index (χ1v) is 17.3. The number of aromatic nitrogens is 1. The highest BCUT2D eigenvalue weighted by atomic mass is 32.2. The lowest BCUT2D eigenvalue weighted by atomic mass is 10.0. The maximum absolute atomic E-state index is 12.5. The second-order valence-corrected chi connectivity index (χ2v) is 12.8. The normalized spacial score (nSPS) is 17.4. The van der Waals surface area contributed by atoms with Crippen molar-refractivity contribution in [3.05, 3.63) is 167 Å². The Morgan fingerprint density at radius 2 is 1.35 bits per heavy atom. The predicted octanol–water partition coefficient (Wildman–Crippen LogP) is 8.77. The van der Waals surface area contributed by atoms with Gasteiger partial charge >= 0.3 is 0 Å². The summed E-state index contributed by atoms with van der Waals surface area (Å²) in [5, 5.41) is 13.1. The number of amides is 1. The van der Waals surface area contributed by atoms with Gasteiger partial charge in [0.1, 0.15) is 5.69 Å². The van der Waals surface area contributed by atoms with Crippen LogP contribution in [0, 0.1) is 0 Å². The molecule has 5 aromatic carbocycles. The van der Waals surface area contributed by atoms with Crippen LogP contribution in [0.5, 0.6) is 0 Å². The number of thioether (sulfide) groups is 1. The molecule has 1 saturated heterocycles. The van der Waals surface area contributed by atoms with Gasteiger partial charge in [0.15, 0.2) is 12.1 Å². The minimum Gasteiger partial charge on any atom is -0.431 e. The Balaban J connectivity index is 1.08. The number of nitrogens with one attached hydrogen (secondary N) is 1. The van der Waals surface area contributed by atoms with Gasteiger partial charge in [0.2, 0.25) is 0 Å². The Morgan fingerprint density at radius 3 is 2.02 bits per heavy atom. The summed E-state index contributed by atoms with van der Waals surface area (Å²) in [4.78, 5) is 17.5. The summed E-state index contributed by atoms with van der Waals surface area (Å²) in [6, 6.07) is 45.1. The van der Waals surface area contributed by atoms with Gasteiger partial charge < -0.3 is 24.3 Å². The van der Waals surface area contributed by atoms with Crippen molar-refractivity contribution in [1.82, 2.24) is 10.3 Å². The van der Waals surface area contributed by atoms with Crippen LogP contribution in [0.2, 0.25) is 0 Å². The minimum absolute atomic E-state index is 0.0129. The third-order valence-electron chi connectivity index (χ3n) is 8.44. The van der Waals surface area contributed by atoms with Gasteiger partial charge in [0.05, 0.1) is 18.8 Å². The summed E-state index contributed by atoms with van der Waals surface area (Å²) < 4.78 is 19.5. The zero-order chi connectivity index (χ0) is 33.4. The Bertz CT molecular complexity index is 1890. The maximum atomic E-state index is 12.5. The fourth-order valence-corrected chi connectivity index (χ4v) is 6.63. The van der Waals surface area contributed by atoms with E-state index in [0.29, 0.717) is 29.5 Å². The number of hydrogen-bond acceptors (Lipinski definition) is 7. The molecule has 49 heavy (non-hydrogen) atoms. The van der Waals surface area contributed by atoms with Gasteiger partial charge in [-0.3, -0.25) is 4.79 Å². The number of benzene rings is 5. The van der Waals surface area contributed by atoms with Crippen LogP contribution >= 0.6 is 11.8 Å². The van der Waals surface area contributed by atoms with Crippen LogP contribution in [-0.4, -0.2) is 27.9 Å². The molecule has 246 valence electrons. The molecule has 2 heterocycles. The predicted molar refractivity (Wildman–Crippen MR) is 191 cm³/mol. The molecule has 1 fully saturated rings. The molecule has 6 aromatic rings. The van der Waals surface area contributed by atoms with Crippen molar-refractivity contribution in [3.63, 3.8) is 0 Å². The monoisotopic (exact) mass is 668 g/mol. The van der Waals surface area contributed by atoms with E-state index in [-0.39, 0.29) is 24.7 Å². The van der Waals surface area contributed by atoms with Gasteiger partial charge in [0, 0.05) is 41.0 Å². The minimum atomic E-state index is -0.598. The summed E-state index contributed by atoms with van der Waals surface area (Å²) >= 11 is 1.53. The van der Waals surface area contributed by atoms with Crippen LogP contribution in [0.3, 0.4) is 0 Å². The third-order valence-corrected chi connectivity index (χ3v) is 9.40. The third kappa shape index (κ3) is 8.01. The highest BCUT2D eigenvalue weighted by Gasteiger charge is 2.33. The molecule has 0 spiro atoms. The first kappa shape index (κ1) is 32.6. The molecule has 2 N–H and O–H groups in total. The van der Waals surface area contributed by atoms with Gasteiger partial charge in [-0.15, -0.1) is 0 Å². The molecule has 0 saturated carbocycles. The Labute approximate surface area is 290 Å². The van der Waals surface area contributed by atoms with Crippen LogP contribution in [-0.2, 0) is 22.6 Å². The lowest BCUT2D eigenvalue weighted by molar-refractivity contribution is -0.245. The fourth-order valence-electron chi connectivity index (χ4n) is 5.79. The van der Waals surface area contributed by atoms with Crippen LogP contribution < -0.4 is 5.32 Å². The first-order valence-electron chi connectivity index (χ1n) is 16.3. The summed E-state index contributed by atoms with van der Waals surface area (Å²) in [5.74, 6) is 1.23. The summed E-state index contributed by atoms with van der Waals surface area (Å²) in [6.45, 7) is 0.395. The van der Waals surface area contributed by atoms with Crippen molar-refractivity contribution in [1.29, 1.82) is 0 Å². The number of aliphatic hydroxyl groups excluding tert-OH is 1. The molecule has 7 rings (SSSR count). The number of hydrogen-bond donors (Lipinski definition) is 2. The summed E-state index contributed by atoms with van der Waals surface area (Å²) in [6.07, 6.45) is -0.336. The van der Waals surface area contributed by atoms with Crippen molar-refractivity contribution < 1.29 is 23.8 Å². The zero-order valence-corrected chi connectivity index (χ0v) is 27.6. The van der Waals surface area contributed by atoms with E-state index < -0.39 is 6.29 Å². The van der Waals surface area contributed by atoms with Crippen LogP contribution in [0.25, 0.3) is 22.6 Å². The van der Waals surface area contributed by atoms with Crippen molar-refractivity contribution in [2.45, 2.75) is 43.3 Å². The highest BCUT2D eigenvalue weighted by molar-refractivity contribution is 7.99. The average molecular weight is 669 g/mol. The van der Waals surface area contributed by atoms with E-state index in [1.807, 2.05) is 127 Å². The van der Waals surface area contributed by atoms with Crippen LogP contribution in [0.15, 0.2) is 149 Å². The number of nitrogens with zero attached hydrogens (tertiary/aromatic N) is 1.